The molecule has 0 atom stereocenters. The smallest absolute Gasteiger partial charge is 0.299 e. The molecule has 2 aromatic rings. The summed E-state index contributed by atoms with van der Waals surface area (Å²) in [4.78, 5) is 0. The first-order valence-electron chi connectivity index (χ1n) is 6.62. The van der Waals surface area contributed by atoms with Crippen LogP contribution in [0.3, 0.4) is 0 Å². The lowest BCUT2D eigenvalue weighted by Gasteiger charge is -2.09. The van der Waals surface area contributed by atoms with Gasteiger partial charge in [0.2, 0.25) is 0 Å². The molecule has 0 spiro atoms. The van der Waals surface area contributed by atoms with Gasteiger partial charge < -0.3 is 10.1 Å². The molecule has 1 aliphatic carbocycles. The zero-order valence-electron chi connectivity index (χ0n) is 11.4. The number of nitrogens with one attached hydrogen (secondary N) is 1. The Kier molecular flexibility index (Phi) is 3.92. The molecule has 20 heavy (non-hydrogen) atoms. The minimum atomic E-state index is 0.575. The van der Waals surface area contributed by atoms with Gasteiger partial charge in [-0.05, 0) is 49.9 Å². The van der Waals surface area contributed by atoms with Gasteiger partial charge in [-0.3, -0.25) is 0 Å². The Morgan fingerprint density at radius 2 is 2.00 bits per heavy atom. The fourth-order valence-corrected chi connectivity index (χ4v) is 2.99. The highest BCUT2D eigenvalue weighted by Gasteiger charge is 2.21. The summed E-state index contributed by atoms with van der Waals surface area (Å²) in [7, 11) is 0. The number of rotatable bonds is 5. The summed E-state index contributed by atoms with van der Waals surface area (Å²) in [6.07, 6.45) is 2.54. The molecule has 4 nitrogen and oxygen atoms in total. The van der Waals surface area contributed by atoms with E-state index in [0.29, 0.717) is 11.2 Å². The average Bonchev–Trinajstić information content (AvgIpc) is 3.11. The number of ether oxygens (including phenoxy) is 1. The van der Waals surface area contributed by atoms with E-state index in [1.54, 1.807) is 0 Å². The number of hydrogen-bond donors (Lipinski definition) is 1. The van der Waals surface area contributed by atoms with Crippen LogP contribution in [-0.2, 0) is 6.54 Å². The summed E-state index contributed by atoms with van der Waals surface area (Å²) in [5, 5.41) is 13.9. The zero-order valence-corrected chi connectivity index (χ0v) is 13.0. The molecule has 1 fully saturated rings. The summed E-state index contributed by atoms with van der Waals surface area (Å²) in [6, 6.07) is 4.45. The van der Waals surface area contributed by atoms with Crippen LogP contribution in [0.15, 0.2) is 12.1 Å². The van der Waals surface area contributed by atoms with Gasteiger partial charge in [0.05, 0.1) is 6.54 Å². The molecule has 1 aromatic heterocycles. The van der Waals surface area contributed by atoms with Gasteiger partial charge in [0.25, 0.3) is 5.19 Å². The van der Waals surface area contributed by atoms with Crippen molar-refractivity contribution < 1.29 is 4.74 Å². The molecule has 0 radical (unpaired) electrons. The molecule has 1 aromatic carbocycles. The van der Waals surface area contributed by atoms with E-state index in [-0.39, 0.29) is 0 Å². The minimum Gasteiger partial charge on any atom is -0.429 e. The summed E-state index contributed by atoms with van der Waals surface area (Å²) in [6.45, 7) is 4.72. The van der Waals surface area contributed by atoms with Crippen molar-refractivity contribution in [3.05, 3.63) is 33.3 Å². The van der Waals surface area contributed by atoms with Crippen molar-refractivity contribution >= 4 is 22.9 Å². The lowest BCUT2D eigenvalue weighted by Crippen LogP contribution is -2.14. The van der Waals surface area contributed by atoms with Crippen molar-refractivity contribution in [1.29, 1.82) is 0 Å². The van der Waals surface area contributed by atoms with Crippen molar-refractivity contribution in [3.63, 3.8) is 0 Å². The Labute approximate surface area is 127 Å². The predicted octanol–water partition coefficient (Wildman–Crippen LogP) is 3.85. The van der Waals surface area contributed by atoms with Gasteiger partial charge in [-0.15, -0.1) is 5.10 Å². The second-order valence-electron chi connectivity index (χ2n) is 5.09. The molecule has 0 unspecified atom stereocenters. The molecule has 1 aliphatic rings. The standard InChI is InChI=1S/C14H16ClN3OS/c1-8-5-10(15)6-9(2)13(8)19-14-18-17-12(20-14)7-16-11-3-4-11/h5-6,11,16H,3-4,7H2,1-2H3. The van der Waals surface area contributed by atoms with Gasteiger partial charge in [-0.1, -0.05) is 28.0 Å². The zero-order chi connectivity index (χ0) is 14.1. The minimum absolute atomic E-state index is 0.575. The van der Waals surface area contributed by atoms with Crippen molar-refractivity contribution in [3.8, 4) is 10.9 Å². The highest BCUT2D eigenvalue weighted by Crippen LogP contribution is 2.32. The van der Waals surface area contributed by atoms with Crippen LogP contribution in [0.2, 0.25) is 5.02 Å². The maximum atomic E-state index is 6.02. The highest BCUT2D eigenvalue weighted by atomic mass is 35.5. The van der Waals surface area contributed by atoms with Gasteiger partial charge in [0.15, 0.2) is 0 Å². The number of hydrogen-bond acceptors (Lipinski definition) is 5. The van der Waals surface area contributed by atoms with E-state index in [2.05, 4.69) is 15.5 Å². The van der Waals surface area contributed by atoms with E-state index >= 15 is 0 Å². The van der Waals surface area contributed by atoms with Crippen LogP contribution in [0.25, 0.3) is 0 Å². The molecule has 1 saturated carbocycles. The van der Waals surface area contributed by atoms with Crippen molar-refractivity contribution in [2.24, 2.45) is 0 Å². The lowest BCUT2D eigenvalue weighted by atomic mass is 10.1. The van der Waals surface area contributed by atoms with Crippen molar-refractivity contribution in [2.75, 3.05) is 0 Å². The fraction of sp³-hybridized carbons (Fsp3) is 0.429. The first-order chi connectivity index (χ1) is 9.61. The van der Waals surface area contributed by atoms with Gasteiger partial charge in [0, 0.05) is 11.1 Å². The summed E-state index contributed by atoms with van der Waals surface area (Å²) < 4.78 is 5.86. The molecular weight excluding hydrogens is 294 g/mol. The molecule has 3 rings (SSSR count). The number of halogens is 1. The van der Waals surface area contributed by atoms with Crippen LogP contribution >= 0.6 is 22.9 Å². The van der Waals surface area contributed by atoms with E-state index in [0.717, 1.165) is 33.5 Å². The first-order valence-corrected chi connectivity index (χ1v) is 7.81. The van der Waals surface area contributed by atoms with Gasteiger partial charge >= 0.3 is 0 Å². The summed E-state index contributed by atoms with van der Waals surface area (Å²) in [5.41, 5.74) is 2.01. The molecule has 0 saturated heterocycles. The third kappa shape index (κ3) is 3.29. The van der Waals surface area contributed by atoms with Crippen LogP contribution in [0.1, 0.15) is 29.0 Å². The van der Waals surface area contributed by atoms with Crippen molar-refractivity contribution in [1.82, 2.24) is 15.5 Å². The Hall–Kier alpha value is -1.17. The van der Waals surface area contributed by atoms with E-state index in [9.17, 15) is 0 Å². The fourth-order valence-electron chi connectivity index (χ4n) is 2.02. The molecule has 6 heteroatoms. The predicted molar refractivity (Wildman–Crippen MR) is 80.8 cm³/mol. The number of aromatic nitrogens is 2. The van der Waals surface area contributed by atoms with Gasteiger partial charge in [-0.2, -0.15) is 0 Å². The van der Waals surface area contributed by atoms with Crippen LogP contribution in [-0.4, -0.2) is 16.2 Å². The van der Waals surface area contributed by atoms with Gasteiger partial charge in [-0.25, -0.2) is 0 Å². The second-order valence-corrected chi connectivity index (χ2v) is 6.55. The molecule has 0 amide bonds. The van der Waals surface area contributed by atoms with Crippen LogP contribution in [0.4, 0.5) is 0 Å². The van der Waals surface area contributed by atoms with E-state index in [1.165, 1.54) is 24.2 Å². The molecule has 1 N–H and O–H groups in total. The first kappa shape index (κ1) is 13.8. The van der Waals surface area contributed by atoms with E-state index in [4.69, 9.17) is 16.3 Å². The number of aryl methyl sites for hydroxylation is 2. The van der Waals surface area contributed by atoms with Crippen LogP contribution in [0.5, 0.6) is 10.9 Å². The molecule has 1 heterocycles. The molecule has 0 aliphatic heterocycles. The second kappa shape index (κ2) is 5.68. The quantitative estimate of drug-likeness (QED) is 0.911. The summed E-state index contributed by atoms with van der Waals surface area (Å²) >= 11 is 7.50. The molecule has 0 bridgehead atoms. The van der Waals surface area contributed by atoms with E-state index < -0.39 is 0 Å². The Morgan fingerprint density at radius 3 is 2.65 bits per heavy atom. The van der Waals surface area contributed by atoms with Crippen LogP contribution < -0.4 is 10.1 Å². The largest absolute Gasteiger partial charge is 0.429 e. The number of benzene rings is 1. The van der Waals surface area contributed by atoms with Crippen LogP contribution in [0, 0.1) is 13.8 Å². The normalized spacial score (nSPS) is 14.6. The molecular formula is C14H16ClN3OS. The summed E-state index contributed by atoms with van der Waals surface area (Å²) in [5.74, 6) is 0.812. The highest BCUT2D eigenvalue weighted by molar-refractivity contribution is 7.13. The maximum absolute atomic E-state index is 6.02. The topological polar surface area (TPSA) is 47.0 Å². The van der Waals surface area contributed by atoms with Crippen molar-refractivity contribution in [2.45, 2.75) is 39.3 Å². The lowest BCUT2D eigenvalue weighted by molar-refractivity contribution is 0.466. The molecule has 106 valence electrons. The van der Waals surface area contributed by atoms with E-state index in [1.807, 2.05) is 26.0 Å². The number of nitrogens with zero attached hydrogens (tertiary/aromatic N) is 2. The SMILES string of the molecule is Cc1cc(Cl)cc(C)c1Oc1nnc(CNC2CC2)s1. The maximum Gasteiger partial charge on any atom is 0.299 e. The average molecular weight is 310 g/mol. The Bertz CT molecular complexity index is 602. The van der Waals surface area contributed by atoms with Gasteiger partial charge in [0.1, 0.15) is 10.8 Å². The third-order valence-corrected chi connectivity index (χ3v) is 4.20. The monoisotopic (exact) mass is 309 g/mol. The Balaban J connectivity index is 1.70. The third-order valence-electron chi connectivity index (χ3n) is 3.18. The Morgan fingerprint density at radius 1 is 1.30 bits per heavy atom.